The molecule has 0 aromatic rings. The van der Waals surface area contributed by atoms with Gasteiger partial charge in [-0.25, -0.2) is 0 Å². The monoisotopic (exact) mass is 202 g/mol. The van der Waals surface area contributed by atoms with E-state index in [0.29, 0.717) is 19.1 Å². The van der Waals surface area contributed by atoms with E-state index in [-0.39, 0.29) is 5.91 Å². The van der Waals surface area contributed by atoms with Crippen LogP contribution in [-0.2, 0) is 9.53 Å². The second-order valence-electron chi connectivity index (χ2n) is 3.96. The van der Waals surface area contributed by atoms with Gasteiger partial charge >= 0.3 is 0 Å². The molecular weight excluding hydrogens is 180 g/mol. The largest absolute Gasteiger partial charge is 0.383 e. The lowest BCUT2D eigenvalue weighted by atomic mass is 10.2. The zero-order chi connectivity index (χ0) is 11.1. The van der Waals surface area contributed by atoms with E-state index in [9.17, 15) is 4.79 Å². The lowest BCUT2D eigenvalue weighted by molar-refractivity contribution is -0.133. The summed E-state index contributed by atoms with van der Waals surface area (Å²) >= 11 is 0. The van der Waals surface area contributed by atoms with E-state index in [1.807, 2.05) is 0 Å². The third kappa shape index (κ3) is 5.19. The fourth-order valence-corrected chi connectivity index (χ4v) is 1.22. The molecule has 0 saturated heterocycles. The van der Waals surface area contributed by atoms with Crippen molar-refractivity contribution >= 4 is 5.91 Å². The van der Waals surface area contributed by atoms with Crippen LogP contribution in [0.2, 0.25) is 0 Å². The minimum absolute atomic E-state index is 0.00394. The summed E-state index contributed by atoms with van der Waals surface area (Å²) < 4.78 is 4.95. The van der Waals surface area contributed by atoms with Crippen molar-refractivity contribution in [2.45, 2.75) is 26.8 Å². The van der Waals surface area contributed by atoms with Crippen molar-refractivity contribution in [2.75, 3.05) is 26.8 Å². The van der Waals surface area contributed by atoms with Gasteiger partial charge < -0.3 is 15.4 Å². The summed E-state index contributed by atoms with van der Waals surface area (Å²) in [6.45, 7) is 7.79. The van der Waals surface area contributed by atoms with Gasteiger partial charge in [-0.2, -0.15) is 0 Å². The highest BCUT2D eigenvalue weighted by molar-refractivity contribution is 5.81. The second kappa shape index (κ2) is 6.79. The Morgan fingerprint density at radius 1 is 1.43 bits per heavy atom. The van der Waals surface area contributed by atoms with Crippen LogP contribution in [0.25, 0.3) is 0 Å². The van der Waals surface area contributed by atoms with Crippen LogP contribution in [-0.4, -0.2) is 43.7 Å². The predicted molar refractivity (Wildman–Crippen MR) is 56.9 cm³/mol. The number of rotatable bonds is 6. The van der Waals surface area contributed by atoms with Crippen molar-refractivity contribution in [3.05, 3.63) is 0 Å². The summed E-state index contributed by atoms with van der Waals surface area (Å²) in [6.07, 6.45) is 0. The standard InChI is InChI=1S/C10H22N2O2/c1-8(2)7-12(5-6-14-4)10(13)9(3)11/h8-9H,5-7,11H2,1-4H3. The number of hydrogen-bond donors (Lipinski definition) is 1. The predicted octanol–water partition coefficient (Wildman–Crippen LogP) is 0.465. The van der Waals surface area contributed by atoms with Crippen molar-refractivity contribution in [2.24, 2.45) is 11.7 Å². The number of hydrogen-bond acceptors (Lipinski definition) is 3. The van der Waals surface area contributed by atoms with Crippen LogP contribution >= 0.6 is 0 Å². The van der Waals surface area contributed by atoms with Gasteiger partial charge in [0.05, 0.1) is 12.6 Å². The SMILES string of the molecule is COCCN(CC(C)C)C(=O)C(C)N. The first-order valence-electron chi connectivity index (χ1n) is 5.02. The Morgan fingerprint density at radius 3 is 2.36 bits per heavy atom. The number of nitrogens with two attached hydrogens (primary N) is 1. The quantitative estimate of drug-likeness (QED) is 0.681. The number of carbonyl (C=O) groups excluding carboxylic acids is 1. The van der Waals surface area contributed by atoms with Gasteiger partial charge in [-0.3, -0.25) is 4.79 Å². The molecule has 0 aliphatic carbocycles. The first-order chi connectivity index (χ1) is 6.49. The van der Waals surface area contributed by atoms with Crippen LogP contribution in [0.15, 0.2) is 0 Å². The summed E-state index contributed by atoms with van der Waals surface area (Å²) in [5, 5.41) is 0. The highest BCUT2D eigenvalue weighted by Crippen LogP contribution is 2.00. The van der Waals surface area contributed by atoms with E-state index in [4.69, 9.17) is 10.5 Å². The van der Waals surface area contributed by atoms with Crippen molar-refractivity contribution in [1.82, 2.24) is 4.90 Å². The van der Waals surface area contributed by atoms with Gasteiger partial charge in [-0.15, -0.1) is 0 Å². The molecule has 0 radical (unpaired) electrons. The maximum Gasteiger partial charge on any atom is 0.239 e. The van der Waals surface area contributed by atoms with Crippen LogP contribution in [0.1, 0.15) is 20.8 Å². The minimum atomic E-state index is -0.425. The van der Waals surface area contributed by atoms with Crippen LogP contribution in [0.3, 0.4) is 0 Å². The summed E-state index contributed by atoms with van der Waals surface area (Å²) in [5.74, 6) is 0.449. The molecule has 1 atom stereocenters. The Balaban J connectivity index is 4.15. The number of nitrogens with zero attached hydrogens (tertiary/aromatic N) is 1. The molecule has 0 rings (SSSR count). The molecule has 4 nitrogen and oxygen atoms in total. The molecule has 0 spiro atoms. The lowest BCUT2D eigenvalue weighted by Crippen LogP contribution is -2.45. The van der Waals surface area contributed by atoms with Gasteiger partial charge in [0, 0.05) is 20.2 Å². The fourth-order valence-electron chi connectivity index (χ4n) is 1.22. The first-order valence-corrected chi connectivity index (χ1v) is 5.02. The van der Waals surface area contributed by atoms with E-state index in [2.05, 4.69) is 13.8 Å². The van der Waals surface area contributed by atoms with Crippen molar-refractivity contribution in [3.8, 4) is 0 Å². The molecule has 0 aliphatic heterocycles. The maximum atomic E-state index is 11.6. The molecule has 4 heteroatoms. The molecule has 2 N–H and O–H groups in total. The number of amides is 1. The molecule has 0 aliphatic rings. The number of methoxy groups -OCH3 is 1. The summed E-state index contributed by atoms with van der Waals surface area (Å²) in [6, 6.07) is -0.425. The molecule has 0 saturated carbocycles. The molecule has 0 heterocycles. The Bertz CT molecular complexity index is 170. The molecule has 84 valence electrons. The zero-order valence-electron chi connectivity index (χ0n) is 9.62. The van der Waals surface area contributed by atoms with E-state index in [0.717, 1.165) is 6.54 Å². The Hall–Kier alpha value is -0.610. The topological polar surface area (TPSA) is 55.6 Å². The first kappa shape index (κ1) is 13.4. The third-order valence-electron chi connectivity index (χ3n) is 1.85. The molecule has 0 fully saturated rings. The summed E-state index contributed by atoms with van der Waals surface area (Å²) in [5.41, 5.74) is 5.55. The number of carbonyl (C=O) groups is 1. The van der Waals surface area contributed by atoms with Gasteiger partial charge in [0.25, 0.3) is 0 Å². The Morgan fingerprint density at radius 2 is 2.00 bits per heavy atom. The van der Waals surface area contributed by atoms with Gasteiger partial charge in [0.2, 0.25) is 5.91 Å². The Kier molecular flexibility index (Phi) is 6.49. The van der Waals surface area contributed by atoms with Crippen molar-refractivity contribution in [1.29, 1.82) is 0 Å². The van der Waals surface area contributed by atoms with Crippen molar-refractivity contribution < 1.29 is 9.53 Å². The van der Waals surface area contributed by atoms with Crippen molar-refractivity contribution in [3.63, 3.8) is 0 Å². The molecule has 1 unspecified atom stereocenters. The van der Waals surface area contributed by atoms with Crippen LogP contribution in [0, 0.1) is 5.92 Å². The third-order valence-corrected chi connectivity index (χ3v) is 1.85. The lowest BCUT2D eigenvalue weighted by Gasteiger charge is -2.25. The summed E-state index contributed by atoms with van der Waals surface area (Å²) in [4.78, 5) is 13.4. The zero-order valence-corrected chi connectivity index (χ0v) is 9.62. The highest BCUT2D eigenvalue weighted by atomic mass is 16.5. The van der Waals surface area contributed by atoms with Gasteiger partial charge in [-0.05, 0) is 12.8 Å². The highest BCUT2D eigenvalue weighted by Gasteiger charge is 2.17. The minimum Gasteiger partial charge on any atom is -0.383 e. The van der Waals surface area contributed by atoms with Gasteiger partial charge in [-0.1, -0.05) is 13.8 Å². The van der Waals surface area contributed by atoms with E-state index in [1.54, 1.807) is 18.9 Å². The summed E-state index contributed by atoms with van der Waals surface area (Å²) in [7, 11) is 1.63. The smallest absolute Gasteiger partial charge is 0.239 e. The molecule has 0 bridgehead atoms. The van der Waals surface area contributed by atoms with E-state index in [1.165, 1.54) is 0 Å². The van der Waals surface area contributed by atoms with Gasteiger partial charge in [0.1, 0.15) is 0 Å². The Labute approximate surface area is 86.4 Å². The fraction of sp³-hybridized carbons (Fsp3) is 0.900. The average Bonchev–Trinajstić information content (AvgIpc) is 2.10. The van der Waals surface area contributed by atoms with E-state index >= 15 is 0 Å². The normalized spacial score (nSPS) is 13.0. The molecule has 1 amide bonds. The van der Waals surface area contributed by atoms with Crippen LogP contribution in [0.4, 0.5) is 0 Å². The molecular formula is C10H22N2O2. The maximum absolute atomic E-state index is 11.6. The van der Waals surface area contributed by atoms with Crippen LogP contribution in [0.5, 0.6) is 0 Å². The molecule has 0 aromatic heterocycles. The number of ether oxygens (including phenoxy) is 1. The molecule has 0 aromatic carbocycles. The van der Waals surface area contributed by atoms with Gasteiger partial charge in [0.15, 0.2) is 0 Å². The van der Waals surface area contributed by atoms with E-state index < -0.39 is 6.04 Å². The second-order valence-corrected chi connectivity index (χ2v) is 3.96. The van der Waals surface area contributed by atoms with Crippen LogP contribution < -0.4 is 5.73 Å². The molecule has 14 heavy (non-hydrogen) atoms. The average molecular weight is 202 g/mol.